The summed E-state index contributed by atoms with van der Waals surface area (Å²) in [7, 11) is 0. The van der Waals surface area contributed by atoms with Crippen LogP contribution in [-0.2, 0) is 6.42 Å². The molecule has 0 spiro atoms. The molecule has 29 heavy (non-hydrogen) atoms. The Morgan fingerprint density at radius 1 is 1.21 bits per heavy atom. The van der Waals surface area contributed by atoms with Gasteiger partial charge in [-0.2, -0.15) is 5.10 Å². The molecule has 3 heterocycles. The monoisotopic (exact) mass is 410 g/mol. The maximum Gasteiger partial charge on any atom is 0.269 e. The molecule has 148 valence electrons. The minimum Gasteiger partial charge on any atom is -0.454 e. The van der Waals surface area contributed by atoms with Gasteiger partial charge in [0.1, 0.15) is 0 Å². The molecule has 0 N–H and O–H groups in total. The van der Waals surface area contributed by atoms with E-state index in [-0.39, 0.29) is 18.5 Å². The van der Waals surface area contributed by atoms with Gasteiger partial charge in [0.2, 0.25) is 6.79 Å². The Balaban J connectivity index is 1.66. The van der Waals surface area contributed by atoms with Crippen LogP contribution in [0.2, 0.25) is 0 Å². The number of aliphatic imine (C=N–C) groups is 1. The third-order valence-electron chi connectivity index (χ3n) is 5.11. The normalized spacial score (nSPS) is 20.0. The molecule has 5 rings (SSSR count). The van der Waals surface area contributed by atoms with Crippen molar-refractivity contribution >= 4 is 28.3 Å². The molecular formula is C20H18N4O4S. The van der Waals surface area contributed by atoms with Gasteiger partial charge in [0.15, 0.2) is 16.7 Å². The first-order valence-corrected chi connectivity index (χ1v) is 10.3. The number of non-ortho nitro benzene ring substituents is 1. The summed E-state index contributed by atoms with van der Waals surface area (Å²) < 4.78 is 11.2. The van der Waals surface area contributed by atoms with Gasteiger partial charge in [-0.05, 0) is 43.2 Å². The van der Waals surface area contributed by atoms with Crippen molar-refractivity contribution in [2.45, 2.75) is 19.4 Å². The summed E-state index contributed by atoms with van der Waals surface area (Å²) in [5.41, 5.74) is 3.65. The summed E-state index contributed by atoms with van der Waals surface area (Å²) in [4.78, 5) is 15.3. The highest BCUT2D eigenvalue weighted by Crippen LogP contribution is 2.38. The van der Waals surface area contributed by atoms with Gasteiger partial charge in [0.25, 0.3) is 5.69 Å². The first-order valence-electron chi connectivity index (χ1n) is 9.33. The molecule has 2 aromatic carbocycles. The van der Waals surface area contributed by atoms with Crippen LogP contribution in [-0.4, -0.2) is 45.9 Å². The van der Waals surface area contributed by atoms with Crippen molar-refractivity contribution in [1.29, 1.82) is 0 Å². The lowest BCUT2D eigenvalue weighted by atomic mass is 9.94. The Kier molecular flexibility index (Phi) is 4.39. The van der Waals surface area contributed by atoms with Crippen LogP contribution in [0.1, 0.15) is 23.6 Å². The number of hydrogen-bond acceptors (Lipinski definition) is 8. The van der Waals surface area contributed by atoms with Crippen LogP contribution in [0.15, 0.2) is 46.5 Å². The van der Waals surface area contributed by atoms with Crippen LogP contribution in [0.4, 0.5) is 5.69 Å². The number of ether oxygens (including phenoxy) is 2. The molecule has 0 aromatic heterocycles. The van der Waals surface area contributed by atoms with Gasteiger partial charge >= 0.3 is 0 Å². The molecule has 3 aliphatic heterocycles. The third-order valence-corrected chi connectivity index (χ3v) is 6.07. The van der Waals surface area contributed by atoms with Crippen molar-refractivity contribution in [3.8, 4) is 11.5 Å². The van der Waals surface area contributed by atoms with Crippen LogP contribution in [0.3, 0.4) is 0 Å². The van der Waals surface area contributed by atoms with Gasteiger partial charge in [-0.25, -0.2) is 5.01 Å². The third kappa shape index (κ3) is 3.21. The quantitative estimate of drug-likeness (QED) is 0.557. The van der Waals surface area contributed by atoms with Gasteiger partial charge in [-0.1, -0.05) is 11.8 Å². The number of hydrazone groups is 1. The van der Waals surface area contributed by atoms with E-state index in [1.807, 2.05) is 17.1 Å². The second kappa shape index (κ2) is 7.07. The number of rotatable bonds is 2. The predicted molar refractivity (Wildman–Crippen MR) is 111 cm³/mol. The fraction of sp³-hybridized carbons (Fsp3) is 0.300. The van der Waals surface area contributed by atoms with Gasteiger partial charge in [0.05, 0.1) is 23.2 Å². The van der Waals surface area contributed by atoms with E-state index in [0.717, 1.165) is 52.0 Å². The summed E-state index contributed by atoms with van der Waals surface area (Å²) in [6.07, 6.45) is 0.769. The number of amidine groups is 1. The lowest BCUT2D eigenvalue weighted by Crippen LogP contribution is -2.33. The van der Waals surface area contributed by atoms with Crippen molar-refractivity contribution < 1.29 is 14.4 Å². The molecule has 0 saturated heterocycles. The van der Waals surface area contributed by atoms with E-state index >= 15 is 0 Å². The number of nitrogens with zero attached hydrogens (tertiary/aromatic N) is 4. The van der Waals surface area contributed by atoms with Crippen LogP contribution >= 0.6 is 11.8 Å². The van der Waals surface area contributed by atoms with Crippen LogP contribution in [0, 0.1) is 10.1 Å². The topological polar surface area (TPSA) is 89.6 Å². The van der Waals surface area contributed by atoms with Crippen LogP contribution < -0.4 is 9.47 Å². The second-order valence-electron chi connectivity index (χ2n) is 7.03. The number of hydrogen-bond donors (Lipinski definition) is 0. The number of nitro groups is 1. The zero-order chi connectivity index (χ0) is 20.0. The van der Waals surface area contributed by atoms with Gasteiger partial charge in [0, 0.05) is 29.0 Å². The SMILES string of the molecule is C[C@H]1Cc2cc3c(cc2C(c2ccc([N+](=O)[O-])cc2)=NN1C1=NCCS1)OCO3. The molecule has 0 aliphatic carbocycles. The predicted octanol–water partition coefficient (Wildman–Crippen LogP) is 3.43. The van der Waals surface area contributed by atoms with E-state index < -0.39 is 4.92 Å². The zero-order valence-electron chi connectivity index (χ0n) is 15.7. The molecule has 2 aromatic rings. The minimum atomic E-state index is -0.400. The molecular weight excluding hydrogens is 392 g/mol. The van der Waals surface area contributed by atoms with Gasteiger partial charge in [-0.15, -0.1) is 0 Å². The molecule has 0 saturated carbocycles. The van der Waals surface area contributed by atoms with Gasteiger partial charge < -0.3 is 9.47 Å². The Bertz CT molecular complexity index is 1050. The highest BCUT2D eigenvalue weighted by atomic mass is 32.2. The first kappa shape index (κ1) is 18.0. The largest absolute Gasteiger partial charge is 0.454 e. The Morgan fingerprint density at radius 3 is 2.66 bits per heavy atom. The average Bonchev–Trinajstić information content (AvgIpc) is 3.38. The second-order valence-corrected chi connectivity index (χ2v) is 8.09. The van der Waals surface area contributed by atoms with E-state index in [1.54, 1.807) is 23.9 Å². The molecule has 0 fully saturated rings. The van der Waals surface area contributed by atoms with Crippen molar-refractivity contribution in [2.75, 3.05) is 19.1 Å². The maximum atomic E-state index is 11.1. The molecule has 0 bridgehead atoms. The molecule has 0 radical (unpaired) electrons. The smallest absolute Gasteiger partial charge is 0.269 e. The standard InChI is InChI=1S/C20H18N4O4S/c1-12-8-14-9-17-18(28-11-27-17)10-16(14)19(22-23(12)20-21-6-7-29-20)13-2-4-15(5-3-13)24(25)26/h2-5,9-10,12H,6-8,11H2,1H3/t12-/m0/s1. The van der Waals surface area contributed by atoms with E-state index in [2.05, 4.69) is 11.9 Å². The van der Waals surface area contributed by atoms with Crippen LogP contribution in [0.25, 0.3) is 0 Å². The molecule has 3 aliphatic rings. The zero-order valence-corrected chi connectivity index (χ0v) is 16.5. The minimum absolute atomic E-state index is 0.0508. The fourth-order valence-corrected chi connectivity index (χ4v) is 4.59. The first-order chi connectivity index (χ1) is 14.1. The number of thioether (sulfide) groups is 1. The van der Waals surface area contributed by atoms with E-state index in [0.29, 0.717) is 5.75 Å². The van der Waals surface area contributed by atoms with Crippen molar-refractivity contribution in [3.05, 3.63) is 63.2 Å². The molecule has 0 amide bonds. The Morgan fingerprint density at radius 2 is 1.97 bits per heavy atom. The summed E-state index contributed by atoms with van der Waals surface area (Å²) in [5.74, 6) is 2.37. The Hall–Kier alpha value is -3.07. The van der Waals surface area contributed by atoms with Crippen molar-refractivity contribution in [3.63, 3.8) is 0 Å². The number of nitro benzene ring substituents is 1. The highest BCUT2D eigenvalue weighted by Gasteiger charge is 2.30. The number of fused-ring (bicyclic) bond motifs is 2. The summed E-state index contributed by atoms with van der Waals surface area (Å²) in [6, 6.07) is 10.6. The molecule has 1 atom stereocenters. The summed E-state index contributed by atoms with van der Waals surface area (Å²) in [5, 5.41) is 18.9. The van der Waals surface area contributed by atoms with Crippen LogP contribution in [0.5, 0.6) is 11.5 Å². The molecule has 8 nitrogen and oxygen atoms in total. The Labute approximate surface area is 171 Å². The highest BCUT2D eigenvalue weighted by molar-refractivity contribution is 8.14. The lowest BCUT2D eigenvalue weighted by Gasteiger charge is -2.24. The van der Waals surface area contributed by atoms with E-state index in [1.165, 1.54) is 12.1 Å². The summed E-state index contributed by atoms with van der Waals surface area (Å²) in [6.45, 7) is 3.12. The van der Waals surface area contributed by atoms with Crippen molar-refractivity contribution in [1.82, 2.24) is 5.01 Å². The lowest BCUT2D eigenvalue weighted by molar-refractivity contribution is -0.384. The van der Waals surface area contributed by atoms with E-state index in [4.69, 9.17) is 14.6 Å². The van der Waals surface area contributed by atoms with Gasteiger partial charge in [-0.3, -0.25) is 15.1 Å². The van der Waals surface area contributed by atoms with E-state index in [9.17, 15) is 10.1 Å². The number of benzene rings is 2. The average molecular weight is 410 g/mol. The van der Waals surface area contributed by atoms with Crippen molar-refractivity contribution in [2.24, 2.45) is 10.1 Å². The molecule has 9 heteroatoms. The summed E-state index contributed by atoms with van der Waals surface area (Å²) >= 11 is 1.70. The fourth-order valence-electron chi connectivity index (χ4n) is 3.69. The maximum absolute atomic E-state index is 11.1. The molecule has 0 unspecified atom stereocenters.